The van der Waals surface area contributed by atoms with Crippen molar-refractivity contribution in [2.24, 2.45) is 0 Å². The van der Waals surface area contributed by atoms with E-state index in [1.807, 2.05) is 31.2 Å². The first kappa shape index (κ1) is 21.5. The molecule has 2 N–H and O–H groups in total. The highest BCUT2D eigenvalue weighted by atomic mass is 32.1. The molecule has 5 rings (SSSR count). The van der Waals surface area contributed by atoms with Crippen LogP contribution in [0.25, 0.3) is 20.8 Å². The van der Waals surface area contributed by atoms with Crippen molar-refractivity contribution in [1.82, 2.24) is 19.5 Å². The summed E-state index contributed by atoms with van der Waals surface area (Å²) in [4.78, 5) is 49.0. The molecule has 0 saturated heterocycles. The number of aromatic amines is 1. The van der Waals surface area contributed by atoms with Gasteiger partial charge in [-0.3, -0.25) is 19.1 Å². The number of hydrogen-bond acceptors (Lipinski definition) is 6. The molecule has 0 aliphatic rings. The summed E-state index contributed by atoms with van der Waals surface area (Å²) < 4.78 is 2.07. The van der Waals surface area contributed by atoms with Crippen molar-refractivity contribution in [2.45, 2.75) is 13.5 Å². The second-order valence-corrected chi connectivity index (χ2v) is 8.77. The minimum atomic E-state index is -0.687. The predicted octanol–water partition coefficient (Wildman–Crippen LogP) is 3.82. The highest BCUT2D eigenvalue weighted by Crippen LogP contribution is 2.31. The van der Waals surface area contributed by atoms with Crippen LogP contribution in [0, 0.1) is 6.92 Å². The molecule has 3 aromatic heterocycles. The molecule has 0 bridgehead atoms. The van der Waals surface area contributed by atoms with Gasteiger partial charge in [-0.25, -0.2) is 9.78 Å². The fraction of sp³-hybridized carbons (Fsp3) is 0.0800. The highest BCUT2D eigenvalue weighted by molar-refractivity contribution is 7.21. The lowest BCUT2D eigenvalue weighted by molar-refractivity contribution is 0.102. The molecule has 1 amide bonds. The fourth-order valence-electron chi connectivity index (χ4n) is 3.52. The maximum Gasteiger partial charge on any atom is 0.328 e. The Morgan fingerprint density at radius 1 is 1.09 bits per heavy atom. The van der Waals surface area contributed by atoms with E-state index in [9.17, 15) is 14.4 Å². The number of nitrogens with zero attached hydrogens (tertiary/aromatic N) is 3. The Kier molecular flexibility index (Phi) is 5.60. The van der Waals surface area contributed by atoms with Gasteiger partial charge < -0.3 is 10.3 Å². The smallest absolute Gasteiger partial charge is 0.322 e. The first-order valence-electron chi connectivity index (χ1n) is 10.5. The van der Waals surface area contributed by atoms with Crippen LogP contribution in [0.3, 0.4) is 0 Å². The summed E-state index contributed by atoms with van der Waals surface area (Å²) >= 11 is 1.61. The van der Waals surface area contributed by atoms with E-state index in [0.29, 0.717) is 11.4 Å². The van der Waals surface area contributed by atoms with Crippen LogP contribution in [-0.4, -0.2) is 25.4 Å². The molecule has 8 nitrogen and oxygen atoms in total. The number of hydrogen-bond donors (Lipinski definition) is 2. The SMILES string of the molecule is Cc1ccc2nc(-c3ccc(NC(=O)c4c[nH]c(=O)n(Cc5ccccn5)c4=O)cc3)sc2c1. The summed E-state index contributed by atoms with van der Waals surface area (Å²) in [6, 6.07) is 18.6. The van der Waals surface area contributed by atoms with E-state index in [1.54, 1.807) is 47.9 Å². The van der Waals surface area contributed by atoms with Crippen molar-refractivity contribution in [2.75, 3.05) is 5.32 Å². The van der Waals surface area contributed by atoms with Crippen molar-refractivity contribution in [3.63, 3.8) is 0 Å². The predicted molar refractivity (Wildman–Crippen MR) is 132 cm³/mol. The molecule has 0 saturated carbocycles. The lowest BCUT2D eigenvalue weighted by Gasteiger charge is -2.08. The number of amides is 1. The molecule has 5 aromatic rings. The van der Waals surface area contributed by atoms with E-state index in [4.69, 9.17) is 0 Å². The minimum absolute atomic E-state index is 0.0352. The zero-order chi connectivity index (χ0) is 23.7. The van der Waals surface area contributed by atoms with E-state index >= 15 is 0 Å². The van der Waals surface area contributed by atoms with E-state index in [0.717, 1.165) is 31.6 Å². The number of nitrogens with one attached hydrogen (secondary N) is 2. The van der Waals surface area contributed by atoms with Crippen LogP contribution in [0.5, 0.6) is 0 Å². The Balaban J connectivity index is 1.36. The lowest BCUT2D eigenvalue weighted by Crippen LogP contribution is -2.39. The molecule has 0 unspecified atom stereocenters. The topological polar surface area (TPSA) is 110 Å². The summed E-state index contributed by atoms with van der Waals surface area (Å²) in [5.74, 6) is -0.612. The number of carbonyl (C=O) groups is 1. The third-order valence-corrected chi connectivity index (χ3v) is 6.35. The van der Waals surface area contributed by atoms with Gasteiger partial charge in [0.2, 0.25) is 0 Å². The maximum absolute atomic E-state index is 12.8. The number of aromatic nitrogens is 4. The largest absolute Gasteiger partial charge is 0.328 e. The molecule has 0 spiro atoms. The van der Waals surface area contributed by atoms with Gasteiger partial charge in [-0.05, 0) is 61.0 Å². The Bertz CT molecular complexity index is 1620. The van der Waals surface area contributed by atoms with Gasteiger partial charge in [-0.2, -0.15) is 0 Å². The zero-order valence-electron chi connectivity index (χ0n) is 18.1. The monoisotopic (exact) mass is 469 g/mol. The summed E-state index contributed by atoms with van der Waals surface area (Å²) in [5.41, 5.74) is 2.65. The van der Waals surface area contributed by atoms with E-state index in [1.165, 1.54) is 5.56 Å². The van der Waals surface area contributed by atoms with Crippen LogP contribution in [0.2, 0.25) is 0 Å². The van der Waals surface area contributed by atoms with Crippen molar-refractivity contribution in [1.29, 1.82) is 0 Å². The molecule has 9 heteroatoms. The summed E-state index contributed by atoms with van der Waals surface area (Å²) in [6.07, 6.45) is 2.70. The van der Waals surface area contributed by atoms with E-state index in [2.05, 4.69) is 26.3 Å². The van der Waals surface area contributed by atoms with Gasteiger partial charge in [0.25, 0.3) is 11.5 Å². The summed E-state index contributed by atoms with van der Waals surface area (Å²) in [5, 5.41) is 3.60. The third-order valence-electron chi connectivity index (χ3n) is 5.29. The second kappa shape index (κ2) is 8.87. The van der Waals surface area contributed by atoms with Gasteiger partial charge in [-0.15, -0.1) is 11.3 Å². The molecule has 0 aliphatic carbocycles. The van der Waals surface area contributed by atoms with E-state index < -0.39 is 17.2 Å². The van der Waals surface area contributed by atoms with Crippen molar-refractivity contribution < 1.29 is 4.79 Å². The van der Waals surface area contributed by atoms with Crippen LogP contribution >= 0.6 is 11.3 Å². The first-order chi connectivity index (χ1) is 16.5. The lowest BCUT2D eigenvalue weighted by atomic mass is 10.2. The quantitative estimate of drug-likeness (QED) is 0.407. The molecule has 0 atom stereocenters. The number of thiazole rings is 1. The molecular weight excluding hydrogens is 450 g/mol. The van der Waals surface area contributed by atoms with Crippen LogP contribution in [0.4, 0.5) is 5.69 Å². The number of rotatable bonds is 5. The van der Waals surface area contributed by atoms with Gasteiger partial charge >= 0.3 is 5.69 Å². The number of aryl methyl sites for hydroxylation is 1. The normalized spacial score (nSPS) is 11.0. The van der Waals surface area contributed by atoms with E-state index in [-0.39, 0.29) is 12.1 Å². The summed E-state index contributed by atoms with van der Waals surface area (Å²) in [7, 11) is 0. The molecule has 0 aliphatic heterocycles. The number of H-pyrrole nitrogens is 1. The summed E-state index contributed by atoms with van der Waals surface area (Å²) in [6.45, 7) is 2.01. The number of carbonyl (C=O) groups excluding carboxylic acids is 1. The molecule has 2 aromatic carbocycles. The average molecular weight is 470 g/mol. The first-order valence-corrected chi connectivity index (χ1v) is 11.3. The second-order valence-electron chi connectivity index (χ2n) is 7.74. The Morgan fingerprint density at radius 2 is 1.91 bits per heavy atom. The minimum Gasteiger partial charge on any atom is -0.322 e. The Hall–Kier alpha value is -4.37. The van der Waals surface area contributed by atoms with Gasteiger partial charge in [0.05, 0.1) is 22.5 Å². The standard InChI is InChI=1S/C25H19N5O3S/c1-15-5-10-20-21(12-15)34-23(29-20)16-6-8-17(9-7-16)28-22(31)19-13-27-25(33)30(24(19)32)14-18-4-2-3-11-26-18/h2-13H,14H2,1H3,(H,27,33)(H,28,31). The third kappa shape index (κ3) is 4.28. The maximum atomic E-state index is 12.8. The van der Waals surface area contributed by atoms with Crippen LogP contribution in [0.15, 0.2) is 82.6 Å². The van der Waals surface area contributed by atoms with Gasteiger partial charge in [-0.1, -0.05) is 12.1 Å². The molecule has 0 fully saturated rings. The molecule has 168 valence electrons. The van der Waals surface area contributed by atoms with Crippen LogP contribution in [-0.2, 0) is 6.54 Å². The van der Waals surface area contributed by atoms with Crippen molar-refractivity contribution in [3.05, 3.63) is 111 Å². The molecular formula is C25H19N5O3S. The van der Waals surface area contributed by atoms with Gasteiger partial charge in [0.15, 0.2) is 0 Å². The van der Waals surface area contributed by atoms with Gasteiger partial charge in [0.1, 0.15) is 10.6 Å². The molecule has 34 heavy (non-hydrogen) atoms. The average Bonchev–Trinajstić information content (AvgIpc) is 3.26. The number of fused-ring (bicyclic) bond motifs is 1. The van der Waals surface area contributed by atoms with Crippen molar-refractivity contribution in [3.8, 4) is 10.6 Å². The molecule has 0 radical (unpaired) electrons. The fourth-order valence-corrected chi connectivity index (χ4v) is 4.59. The number of benzene rings is 2. The van der Waals surface area contributed by atoms with Crippen molar-refractivity contribution >= 4 is 33.1 Å². The zero-order valence-corrected chi connectivity index (χ0v) is 18.9. The van der Waals surface area contributed by atoms with Crippen LogP contribution in [0.1, 0.15) is 21.6 Å². The van der Waals surface area contributed by atoms with Crippen LogP contribution < -0.4 is 16.6 Å². The Morgan fingerprint density at radius 3 is 2.68 bits per heavy atom. The highest BCUT2D eigenvalue weighted by Gasteiger charge is 2.16. The number of pyridine rings is 1. The molecule has 3 heterocycles. The number of anilines is 1. The Labute approximate surface area is 197 Å². The van der Waals surface area contributed by atoms with Gasteiger partial charge in [0, 0.05) is 23.6 Å².